The molecule has 0 amide bonds. The molecule has 0 saturated carbocycles. The lowest BCUT2D eigenvalue weighted by Gasteiger charge is -2.06. The number of phenols is 1. The maximum absolute atomic E-state index is 10.2. The highest BCUT2D eigenvalue weighted by atomic mass is 79.9. The van der Waals surface area contributed by atoms with Gasteiger partial charge >= 0.3 is 0 Å². The molecule has 0 atom stereocenters. The molecule has 9 heteroatoms. The number of aromatic nitrogens is 3. The second-order valence-electron chi connectivity index (χ2n) is 4.43. The summed E-state index contributed by atoms with van der Waals surface area (Å²) in [6.45, 7) is 0. The van der Waals surface area contributed by atoms with Gasteiger partial charge in [-0.05, 0) is 36.5 Å². The molecular formula is C14H11BrN4O3S. The summed E-state index contributed by atoms with van der Waals surface area (Å²) in [5, 5.41) is 21.2. The number of halogens is 1. The number of H-pyrrole nitrogens is 1. The van der Waals surface area contributed by atoms with Crippen LogP contribution >= 0.6 is 28.1 Å². The molecule has 2 aromatic heterocycles. The summed E-state index contributed by atoms with van der Waals surface area (Å²) in [5.74, 6) is 1.26. The number of hydrogen-bond donors (Lipinski definition) is 2. The molecule has 118 valence electrons. The Balaban J connectivity index is 2.04. The van der Waals surface area contributed by atoms with Gasteiger partial charge in [-0.25, -0.2) is 5.10 Å². The molecule has 0 fully saturated rings. The van der Waals surface area contributed by atoms with Gasteiger partial charge in [-0.1, -0.05) is 15.9 Å². The lowest BCUT2D eigenvalue weighted by molar-refractivity contribution is 0.373. The number of aromatic amines is 1. The van der Waals surface area contributed by atoms with E-state index in [4.69, 9.17) is 21.4 Å². The largest absolute Gasteiger partial charge is 0.504 e. The van der Waals surface area contributed by atoms with Crippen molar-refractivity contribution in [2.24, 2.45) is 5.10 Å². The smallest absolute Gasteiger partial charge is 0.219 e. The fraction of sp³-hybridized carbons (Fsp3) is 0.0714. The summed E-state index contributed by atoms with van der Waals surface area (Å²) in [4.78, 5) is 0. The minimum absolute atomic E-state index is 0.0194. The molecule has 0 spiro atoms. The number of phenolic OH excluding ortho intramolecular Hbond substituents is 1. The first-order valence-electron chi connectivity index (χ1n) is 6.42. The van der Waals surface area contributed by atoms with E-state index in [1.807, 2.05) is 0 Å². The molecule has 0 aliphatic heterocycles. The molecule has 0 aliphatic rings. The van der Waals surface area contributed by atoms with Crippen molar-refractivity contribution in [1.82, 2.24) is 14.9 Å². The fourth-order valence-corrected chi connectivity index (χ4v) is 2.57. The van der Waals surface area contributed by atoms with Crippen molar-refractivity contribution < 1.29 is 14.3 Å². The average molecular weight is 395 g/mol. The van der Waals surface area contributed by atoms with Crippen molar-refractivity contribution in [3.8, 4) is 23.1 Å². The Morgan fingerprint density at radius 1 is 1.52 bits per heavy atom. The Morgan fingerprint density at radius 2 is 2.35 bits per heavy atom. The van der Waals surface area contributed by atoms with Gasteiger partial charge < -0.3 is 14.3 Å². The van der Waals surface area contributed by atoms with Crippen LogP contribution < -0.4 is 4.74 Å². The van der Waals surface area contributed by atoms with E-state index in [0.717, 1.165) is 4.47 Å². The van der Waals surface area contributed by atoms with Gasteiger partial charge in [-0.2, -0.15) is 9.78 Å². The lowest BCUT2D eigenvalue weighted by Crippen LogP contribution is -1.95. The van der Waals surface area contributed by atoms with E-state index in [2.05, 4.69) is 31.2 Å². The lowest BCUT2D eigenvalue weighted by atomic mass is 10.2. The number of aromatic hydroxyl groups is 1. The van der Waals surface area contributed by atoms with E-state index in [0.29, 0.717) is 27.7 Å². The number of nitrogens with one attached hydrogen (secondary N) is 1. The fourth-order valence-electron chi connectivity index (χ4n) is 1.93. The van der Waals surface area contributed by atoms with Crippen LogP contribution in [0.3, 0.4) is 0 Å². The number of benzene rings is 1. The van der Waals surface area contributed by atoms with Crippen LogP contribution in [0.4, 0.5) is 0 Å². The zero-order valence-corrected chi connectivity index (χ0v) is 14.3. The third-order valence-corrected chi connectivity index (χ3v) is 3.72. The molecule has 0 unspecified atom stereocenters. The van der Waals surface area contributed by atoms with E-state index in [1.54, 1.807) is 24.3 Å². The molecule has 3 rings (SSSR count). The van der Waals surface area contributed by atoms with E-state index < -0.39 is 0 Å². The third kappa shape index (κ3) is 3.06. The average Bonchev–Trinajstić information content (AvgIpc) is 3.17. The van der Waals surface area contributed by atoms with Gasteiger partial charge in [-0.15, -0.1) is 5.10 Å². The van der Waals surface area contributed by atoms with Crippen molar-refractivity contribution in [2.75, 3.05) is 7.11 Å². The van der Waals surface area contributed by atoms with E-state index >= 15 is 0 Å². The van der Waals surface area contributed by atoms with Gasteiger partial charge in [-0.3, -0.25) is 0 Å². The SMILES string of the molecule is COc1cc(Br)cc(/C=N\n2c(-c3ccco3)n[nH]c2=S)c1O. The maximum Gasteiger partial charge on any atom is 0.219 e. The number of furan rings is 1. The minimum atomic E-state index is -0.0194. The predicted octanol–water partition coefficient (Wildman–Crippen LogP) is 3.56. The molecule has 1 aromatic carbocycles. The molecular weight excluding hydrogens is 384 g/mol. The summed E-state index contributed by atoms with van der Waals surface area (Å²) in [7, 11) is 1.48. The molecule has 0 bridgehead atoms. The first kappa shape index (κ1) is 15.5. The zero-order valence-electron chi connectivity index (χ0n) is 11.9. The summed E-state index contributed by atoms with van der Waals surface area (Å²) in [5.41, 5.74) is 0.463. The van der Waals surface area contributed by atoms with Crippen molar-refractivity contribution in [3.05, 3.63) is 45.3 Å². The molecule has 2 heterocycles. The van der Waals surface area contributed by atoms with Crippen molar-refractivity contribution in [2.45, 2.75) is 0 Å². The Hall–Kier alpha value is -2.39. The second-order valence-corrected chi connectivity index (χ2v) is 5.73. The Kier molecular flexibility index (Phi) is 4.30. The first-order valence-corrected chi connectivity index (χ1v) is 7.62. The molecule has 0 aliphatic carbocycles. The summed E-state index contributed by atoms with van der Waals surface area (Å²) < 4.78 is 12.9. The molecule has 2 N–H and O–H groups in total. The van der Waals surface area contributed by atoms with Crippen LogP contribution in [0.25, 0.3) is 11.6 Å². The number of methoxy groups -OCH3 is 1. The number of ether oxygens (including phenoxy) is 1. The third-order valence-electron chi connectivity index (χ3n) is 2.99. The Labute approximate surface area is 144 Å². The van der Waals surface area contributed by atoms with Gasteiger partial charge in [0.25, 0.3) is 0 Å². The van der Waals surface area contributed by atoms with Gasteiger partial charge in [0, 0.05) is 10.0 Å². The van der Waals surface area contributed by atoms with Crippen LogP contribution in [0.1, 0.15) is 5.56 Å². The minimum Gasteiger partial charge on any atom is -0.504 e. The highest BCUT2D eigenvalue weighted by Gasteiger charge is 2.12. The van der Waals surface area contributed by atoms with Crippen molar-refractivity contribution in [1.29, 1.82) is 0 Å². The van der Waals surface area contributed by atoms with Gasteiger partial charge in [0.2, 0.25) is 10.6 Å². The predicted molar refractivity (Wildman–Crippen MR) is 90.5 cm³/mol. The normalized spacial score (nSPS) is 11.2. The van der Waals surface area contributed by atoms with Gasteiger partial charge in [0.15, 0.2) is 17.3 Å². The Morgan fingerprint density at radius 3 is 3.04 bits per heavy atom. The second kappa shape index (κ2) is 6.39. The van der Waals surface area contributed by atoms with Crippen LogP contribution in [0.15, 0.2) is 44.5 Å². The van der Waals surface area contributed by atoms with Crippen LogP contribution in [-0.4, -0.2) is 33.3 Å². The van der Waals surface area contributed by atoms with Gasteiger partial charge in [0.05, 0.1) is 19.6 Å². The van der Waals surface area contributed by atoms with E-state index in [-0.39, 0.29) is 5.75 Å². The topological polar surface area (TPSA) is 88.6 Å². The number of rotatable bonds is 4. The summed E-state index contributed by atoms with van der Waals surface area (Å²) >= 11 is 8.52. The summed E-state index contributed by atoms with van der Waals surface area (Å²) in [6, 6.07) is 6.85. The molecule has 0 radical (unpaired) electrons. The van der Waals surface area contributed by atoms with Crippen LogP contribution in [-0.2, 0) is 0 Å². The number of nitrogens with zero attached hydrogens (tertiary/aromatic N) is 3. The number of hydrogen-bond acceptors (Lipinski definition) is 6. The van der Waals surface area contributed by atoms with E-state index in [1.165, 1.54) is 24.3 Å². The first-order chi connectivity index (χ1) is 11.1. The van der Waals surface area contributed by atoms with Crippen molar-refractivity contribution in [3.63, 3.8) is 0 Å². The van der Waals surface area contributed by atoms with E-state index in [9.17, 15) is 5.11 Å². The zero-order chi connectivity index (χ0) is 16.4. The van der Waals surface area contributed by atoms with Crippen molar-refractivity contribution >= 4 is 34.4 Å². The highest BCUT2D eigenvalue weighted by molar-refractivity contribution is 9.10. The molecule has 7 nitrogen and oxygen atoms in total. The highest BCUT2D eigenvalue weighted by Crippen LogP contribution is 2.32. The van der Waals surface area contributed by atoms with Crippen LogP contribution in [0.2, 0.25) is 0 Å². The maximum atomic E-state index is 10.2. The molecule has 3 aromatic rings. The molecule has 0 saturated heterocycles. The monoisotopic (exact) mass is 394 g/mol. The van der Waals surface area contributed by atoms with Crippen LogP contribution in [0.5, 0.6) is 11.5 Å². The molecule has 23 heavy (non-hydrogen) atoms. The van der Waals surface area contributed by atoms with Gasteiger partial charge in [0.1, 0.15) is 0 Å². The Bertz CT molecular complexity index is 915. The quantitative estimate of drug-likeness (QED) is 0.521. The standard InChI is InChI=1S/C14H11BrN4O3S/c1-21-11-6-9(15)5-8(12(11)20)7-16-19-13(17-18-14(19)23)10-3-2-4-22-10/h2-7,20H,1H3,(H,18,23)/b16-7-. The summed E-state index contributed by atoms with van der Waals surface area (Å²) in [6.07, 6.45) is 2.99. The van der Waals surface area contributed by atoms with Crippen LogP contribution in [0, 0.1) is 4.77 Å².